The number of aliphatic hydroxyl groups excluding tert-OH is 1. The molecule has 1 aliphatic heterocycles. The van der Waals surface area contributed by atoms with Crippen LogP contribution in [0.4, 0.5) is 5.69 Å². The van der Waals surface area contributed by atoms with Gasteiger partial charge in [0.2, 0.25) is 0 Å². The molecule has 2 atom stereocenters. The predicted octanol–water partition coefficient (Wildman–Crippen LogP) is 2.03. The summed E-state index contributed by atoms with van der Waals surface area (Å²) < 4.78 is 0. The molecule has 3 nitrogen and oxygen atoms in total. The molecule has 1 aromatic carbocycles. The molecule has 94 valence electrons. The highest BCUT2D eigenvalue weighted by atomic mass is 16.3. The van der Waals surface area contributed by atoms with Crippen molar-refractivity contribution in [2.75, 3.05) is 25.4 Å². The molecule has 3 heteroatoms. The highest BCUT2D eigenvalue weighted by Crippen LogP contribution is 2.26. The molecule has 0 amide bonds. The zero-order valence-corrected chi connectivity index (χ0v) is 10.5. The Bertz CT molecular complexity index is 350. The number of likely N-dealkylation sites (tertiary alicyclic amines) is 1. The van der Waals surface area contributed by atoms with E-state index in [1.807, 2.05) is 12.1 Å². The lowest BCUT2D eigenvalue weighted by atomic mass is 9.96. The summed E-state index contributed by atoms with van der Waals surface area (Å²) in [5.74, 6) is 0.444. The number of rotatable bonds is 3. The molecule has 0 saturated carbocycles. The number of anilines is 1. The van der Waals surface area contributed by atoms with E-state index in [-0.39, 0.29) is 0 Å². The smallest absolute Gasteiger partial charge is 0.0471 e. The van der Waals surface area contributed by atoms with Gasteiger partial charge < -0.3 is 10.8 Å². The van der Waals surface area contributed by atoms with Crippen LogP contribution >= 0.6 is 0 Å². The first kappa shape index (κ1) is 12.4. The van der Waals surface area contributed by atoms with E-state index in [4.69, 9.17) is 5.73 Å². The normalized spacial score (nSPS) is 23.5. The second-order valence-electron chi connectivity index (χ2n) is 5.03. The monoisotopic (exact) mass is 234 g/mol. The number of aliphatic hydroxyl groups is 1. The predicted molar refractivity (Wildman–Crippen MR) is 70.7 cm³/mol. The molecule has 1 saturated heterocycles. The molecular formula is C14H22N2O. The van der Waals surface area contributed by atoms with Crippen LogP contribution in [0.25, 0.3) is 0 Å². The Hall–Kier alpha value is -1.06. The van der Waals surface area contributed by atoms with Gasteiger partial charge >= 0.3 is 0 Å². The summed E-state index contributed by atoms with van der Waals surface area (Å²) in [5, 5.41) is 9.25. The van der Waals surface area contributed by atoms with Gasteiger partial charge in [-0.25, -0.2) is 0 Å². The van der Waals surface area contributed by atoms with Gasteiger partial charge in [0, 0.05) is 24.9 Å². The van der Waals surface area contributed by atoms with Crippen molar-refractivity contribution in [1.29, 1.82) is 0 Å². The molecule has 2 rings (SSSR count). The number of nitrogens with two attached hydrogens (primary N) is 1. The van der Waals surface area contributed by atoms with E-state index in [0.29, 0.717) is 18.6 Å². The summed E-state index contributed by atoms with van der Waals surface area (Å²) >= 11 is 0. The Morgan fingerprint density at radius 2 is 2.12 bits per heavy atom. The van der Waals surface area contributed by atoms with Crippen molar-refractivity contribution in [3.8, 4) is 0 Å². The van der Waals surface area contributed by atoms with Gasteiger partial charge in [-0.3, -0.25) is 4.90 Å². The van der Waals surface area contributed by atoms with Gasteiger partial charge in [0.05, 0.1) is 0 Å². The summed E-state index contributed by atoms with van der Waals surface area (Å²) in [5.41, 5.74) is 7.82. The minimum atomic E-state index is 0.310. The van der Waals surface area contributed by atoms with Gasteiger partial charge in [-0.1, -0.05) is 12.1 Å². The van der Waals surface area contributed by atoms with Crippen molar-refractivity contribution >= 4 is 5.69 Å². The SMILES string of the molecule is CC(c1ccc(N)cc1)N1CCCC(CO)C1. The topological polar surface area (TPSA) is 49.5 Å². The second kappa shape index (κ2) is 5.52. The molecular weight excluding hydrogens is 212 g/mol. The fraction of sp³-hybridized carbons (Fsp3) is 0.571. The number of hydrogen-bond donors (Lipinski definition) is 2. The van der Waals surface area contributed by atoms with E-state index in [2.05, 4.69) is 24.0 Å². The van der Waals surface area contributed by atoms with Crippen molar-refractivity contribution < 1.29 is 5.11 Å². The van der Waals surface area contributed by atoms with Crippen LogP contribution in [0.15, 0.2) is 24.3 Å². The first-order valence-electron chi connectivity index (χ1n) is 6.41. The average molecular weight is 234 g/mol. The Kier molecular flexibility index (Phi) is 4.02. The van der Waals surface area contributed by atoms with Crippen molar-refractivity contribution in [3.05, 3.63) is 29.8 Å². The van der Waals surface area contributed by atoms with E-state index < -0.39 is 0 Å². The summed E-state index contributed by atoms with van der Waals surface area (Å²) in [4.78, 5) is 2.45. The fourth-order valence-electron chi connectivity index (χ4n) is 2.58. The molecule has 0 bridgehead atoms. The molecule has 0 aliphatic carbocycles. The summed E-state index contributed by atoms with van der Waals surface area (Å²) in [6, 6.07) is 8.52. The molecule has 0 aromatic heterocycles. The van der Waals surface area contributed by atoms with Gasteiger partial charge in [-0.2, -0.15) is 0 Å². The maximum absolute atomic E-state index is 9.25. The standard InChI is InChI=1S/C14H22N2O/c1-11(13-4-6-14(15)7-5-13)16-8-2-3-12(9-16)10-17/h4-7,11-12,17H,2-3,8-10,15H2,1H3. The van der Waals surface area contributed by atoms with E-state index in [0.717, 1.165) is 25.2 Å². The van der Waals surface area contributed by atoms with Crippen LogP contribution in [0.3, 0.4) is 0 Å². The van der Waals surface area contributed by atoms with Crippen molar-refractivity contribution in [1.82, 2.24) is 4.90 Å². The molecule has 1 aliphatic rings. The van der Waals surface area contributed by atoms with Crippen molar-refractivity contribution in [3.63, 3.8) is 0 Å². The van der Waals surface area contributed by atoms with Gasteiger partial charge in [0.1, 0.15) is 0 Å². The largest absolute Gasteiger partial charge is 0.399 e. The third kappa shape index (κ3) is 2.99. The molecule has 3 N–H and O–H groups in total. The third-order valence-corrected chi connectivity index (χ3v) is 3.78. The van der Waals surface area contributed by atoms with Crippen molar-refractivity contribution in [2.24, 2.45) is 5.92 Å². The number of piperidine rings is 1. The van der Waals surface area contributed by atoms with Gasteiger partial charge in [-0.05, 0) is 49.9 Å². The summed E-state index contributed by atoms with van der Waals surface area (Å²) in [6.07, 6.45) is 2.34. The molecule has 2 unspecified atom stereocenters. The zero-order valence-electron chi connectivity index (χ0n) is 10.5. The zero-order chi connectivity index (χ0) is 12.3. The number of nitrogens with zero attached hydrogens (tertiary/aromatic N) is 1. The van der Waals surface area contributed by atoms with Crippen LogP contribution in [-0.4, -0.2) is 29.7 Å². The number of benzene rings is 1. The van der Waals surface area contributed by atoms with E-state index in [9.17, 15) is 5.11 Å². The van der Waals surface area contributed by atoms with Crippen LogP contribution in [0, 0.1) is 5.92 Å². The Balaban J connectivity index is 2.03. The Morgan fingerprint density at radius 1 is 1.41 bits per heavy atom. The summed E-state index contributed by atoms with van der Waals surface area (Å²) in [7, 11) is 0. The molecule has 0 spiro atoms. The lowest BCUT2D eigenvalue weighted by molar-refractivity contribution is 0.0936. The lowest BCUT2D eigenvalue weighted by Gasteiger charge is -2.36. The minimum Gasteiger partial charge on any atom is -0.399 e. The molecule has 17 heavy (non-hydrogen) atoms. The highest BCUT2D eigenvalue weighted by Gasteiger charge is 2.23. The first-order chi connectivity index (χ1) is 8.20. The van der Waals surface area contributed by atoms with Crippen LogP contribution in [0.2, 0.25) is 0 Å². The minimum absolute atomic E-state index is 0.310. The van der Waals surface area contributed by atoms with E-state index in [1.165, 1.54) is 12.0 Å². The maximum atomic E-state index is 9.25. The first-order valence-corrected chi connectivity index (χ1v) is 6.41. The quantitative estimate of drug-likeness (QED) is 0.787. The lowest BCUT2D eigenvalue weighted by Crippen LogP contribution is -2.38. The van der Waals surface area contributed by atoms with Crippen LogP contribution in [0.5, 0.6) is 0 Å². The summed E-state index contributed by atoms with van der Waals surface area (Å²) in [6.45, 7) is 4.67. The van der Waals surface area contributed by atoms with Crippen LogP contribution < -0.4 is 5.73 Å². The second-order valence-corrected chi connectivity index (χ2v) is 5.03. The number of nitrogen functional groups attached to an aromatic ring is 1. The van der Waals surface area contributed by atoms with Crippen molar-refractivity contribution in [2.45, 2.75) is 25.8 Å². The maximum Gasteiger partial charge on any atom is 0.0471 e. The van der Waals surface area contributed by atoms with Gasteiger partial charge in [-0.15, -0.1) is 0 Å². The average Bonchev–Trinajstić information content (AvgIpc) is 2.39. The van der Waals surface area contributed by atoms with Gasteiger partial charge in [0.15, 0.2) is 0 Å². The third-order valence-electron chi connectivity index (χ3n) is 3.78. The van der Waals surface area contributed by atoms with Gasteiger partial charge in [0.25, 0.3) is 0 Å². The molecule has 1 fully saturated rings. The fourth-order valence-corrected chi connectivity index (χ4v) is 2.58. The van der Waals surface area contributed by atoms with Crippen LogP contribution in [-0.2, 0) is 0 Å². The molecule has 1 heterocycles. The molecule has 0 radical (unpaired) electrons. The highest BCUT2D eigenvalue weighted by molar-refractivity contribution is 5.40. The van der Waals surface area contributed by atoms with Crippen LogP contribution in [0.1, 0.15) is 31.4 Å². The molecule has 1 aromatic rings. The number of hydrogen-bond acceptors (Lipinski definition) is 3. The van der Waals surface area contributed by atoms with E-state index in [1.54, 1.807) is 0 Å². The Morgan fingerprint density at radius 3 is 2.76 bits per heavy atom. The Labute approximate surface area is 103 Å². The van der Waals surface area contributed by atoms with E-state index >= 15 is 0 Å².